The Labute approximate surface area is 130 Å². The van der Waals surface area contributed by atoms with Crippen LogP contribution in [0.1, 0.15) is 16.1 Å². The minimum absolute atomic E-state index is 0.0872. The predicted octanol–water partition coefficient (Wildman–Crippen LogP) is 2.93. The Bertz CT molecular complexity index is 888. The molecular formula is C16H11ClN2O3. The van der Waals surface area contributed by atoms with Crippen LogP contribution in [0.3, 0.4) is 0 Å². The summed E-state index contributed by atoms with van der Waals surface area (Å²) in [6.45, 7) is 0.102. The second-order valence-electron chi connectivity index (χ2n) is 4.65. The van der Waals surface area contributed by atoms with Crippen molar-refractivity contribution in [3.63, 3.8) is 0 Å². The average Bonchev–Trinajstić information content (AvgIpc) is 2.55. The van der Waals surface area contributed by atoms with E-state index in [2.05, 4.69) is 10.2 Å². The summed E-state index contributed by atoms with van der Waals surface area (Å²) in [4.78, 5) is 23.9. The van der Waals surface area contributed by atoms with E-state index in [1.807, 2.05) is 0 Å². The number of carbonyl (C=O) groups is 1. The predicted molar refractivity (Wildman–Crippen MR) is 82.9 cm³/mol. The summed E-state index contributed by atoms with van der Waals surface area (Å²) in [5.41, 5.74) is 0.556. The summed E-state index contributed by atoms with van der Waals surface area (Å²) >= 11 is 5.80. The lowest BCUT2D eigenvalue weighted by Gasteiger charge is -2.06. The molecule has 0 saturated heterocycles. The number of H-pyrrole nitrogens is 1. The molecule has 0 bridgehead atoms. The molecule has 1 aromatic heterocycles. The molecule has 1 heterocycles. The van der Waals surface area contributed by atoms with Gasteiger partial charge < -0.3 is 4.74 Å². The van der Waals surface area contributed by atoms with Crippen LogP contribution in [0.15, 0.2) is 53.3 Å². The first kappa shape index (κ1) is 14.3. The lowest BCUT2D eigenvalue weighted by atomic mass is 10.1. The monoisotopic (exact) mass is 314 g/mol. The minimum Gasteiger partial charge on any atom is -0.456 e. The summed E-state index contributed by atoms with van der Waals surface area (Å²) in [6, 6.07) is 13.7. The van der Waals surface area contributed by atoms with Crippen LogP contribution in [0.25, 0.3) is 10.8 Å². The van der Waals surface area contributed by atoms with Gasteiger partial charge in [0.05, 0.1) is 5.39 Å². The Kier molecular flexibility index (Phi) is 3.89. The Morgan fingerprint density at radius 2 is 1.77 bits per heavy atom. The first-order valence-electron chi connectivity index (χ1n) is 6.54. The second-order valence-corrected chi connectivity index (χ2v) is 5.09. The molecule has 0 aliphatic rings. The molecular weight excluding hydrogens is 304 g/mol. The standard InChI is InChI=1S/C16H11ClN2O3/c17-11-7-5-10(6-8-11)9-22-16(21)14-12-3-1-2-4-13(12)15(20)19-18-14/h1-8H,9H2,(H,19,20). The fourth-order valence-corrected chi connectivity index (χ4v) is 2.19. The van der Waals surface area contributed by atoms with Crippen molar-refractivity contribution in [1.82, 2.24) is 10.2 Å². The van der Waals surface area contributed by atoms with Crippen LogP contribution in [0.4, 0.5) is 0 Å². The number of aromatic amines is 1. The third-order valence-corrected chi connectivity index (χ3v) is 3.42. The Morgan fingerprint density at radius 1 is 1.09 bits per heavy atom. The van der Waals surface area contributed by atoms with Gasteiger partial charge in [-0.2, -0.15) is 5.10 Å². The van der Waals surface area contributed by atoms with E-state index < -0.39 is 5.97 Å². The van der Waals surface area contributed by atoms with Crippen molar-refractivity contribution < 1.29 is 9.53 Å². The number of hydrogen-bond acceptors (Lipinski definition) is 4. The van der Waals surface area contributed by atoms with Crippen molar-refractivity contribution in [2.45, 2.75) is 6.61 Å². The van der Waals surface area contributed by atoms with Crippen molar-refractivity contribution in [3.8, 4) is 0 Å². The molecule has 110 valence electrons. The largest absolute Gasteiger partial charge is 0.456 e. The van der Waals surface area contributed by atoms with Gasteiger partial charge in [0.15, 0.2) is 5.69 Å². The molecule has 0 aliphatic carbocycles. The number of nitrogens with zero attached hydrogens (tertiary/aromatic N) is 1. The van der Waals surface area contributed by atoms with E-state index in [1.165, 1.54) is 0 Å². The van der Waals surface area contributed by atoms with Crippen LogP contribution < -0.4 is 5.56 Å². The van der Waals surface area contributed by atoms with Crippen LogP contribution in [0.5, 0.6) is 0 Å². The molecule has 22 heavy (non-hydrogen) atoms. The topological polar surface area (TPSA) is 72.0 Å². The van der Waals surface area contributed by atoms with E-state index in [0.717, 1.165) is 5.56 Å². The smallest absolute Gasteiger partial charge is 0.359 e. The van der Waals surface area contributed by atoms with Gasteiger partial charge in [-0.3, -0.25) is 4.79 Å². The maximum atomic E-state index is 12.2. The zero-order chi connectivity index (χ0) is 15.5. The molecule has 0 fully saturated rings. The summed E-state index contributed by atoms with van der Waals surface area (Å²) in [7, 11) is 0. The Hall–Kier alpha value is -2.66. The van der Waals surface area contributed by atoms with Crippen molar-refractivity contribution in [1.29, 1.82) is 0 Å². The van der Waals surface area contributed by atoms with Gasteiger partial charge in [-0.15, -0.1) is 0 Å². The summed E-state index contributed by atoms with van der Waals surface area (Å²) in [5.74, 6) is -0.595. The molecule has 0 unspecified atom stereocenters. The number of ether oxygens (including phenoxy) is 1. The maximum Gasteiger partial charge on any atom is 0.359 e. The zero-order valence-electron chi connectivity index (χ0n) is 11.4. The molecule has 6 heteroatoms. The molecule has 3 rings (SSSR count). The molecule has 2 aromatic carbocycles. The van der Waals surface area contributed by atoms with Gasteiger partial charge in [-0.25, -0.2) is 9.89 Å². The first-order valence-corrected chi connectivity index (χ1v) is 6.92. The highest BCUT2D eigenvalue weighted by molar-refractivity contribution is 6.30. The van der Waals surface area contributed by atoms with Gasteiger partial charge in [0.1, 0.15) is 6.61 Å². The third-order valence-electron chi connectivity index (χ3n) is 3.17. The van der Waals surface area contributed by atoms with Crippen LogP contribution in [-0.4, -0.2) is 16.2 Å². The van der Waals surface area contributed by atoms with E-state index in [9.17, 15) is 9.59 Å². The molecule has 5 nitrogen and oxygen atoms in total. The molecule has 0 aliphatic heterocycles. The quantitative estimate of drug-likeness (QED) is 0.754. The molecule has 0 saturated carbocycles. The van der Waals surface area contributed by atoms with Gasteiger partial charge in [0, 0.05) is 10.4 Å². The van der Waals surface area contributed by atoms with Gasteiger partial charge in [-0.05, 0) is 23.8 Å². The van der Waals surface area contributed by atoms with E-state index in [1.54, 1.807) is 48.5 Å². The number of esters is 1. The number of fused-ring (bicyclic) bond motifs is 1. The molecule has 3 aromatic rings. The highest BCUT2D eigenvalue weighted by Crippen LogP contribution is 2.15. The van der Waals surface area contributed by atoms with Crippen LogP contribution in [0.2, 0.25) is 5.02 Å². The first-order chi connectivity index (χ1) is 10.6. The molecule has 0 amide bonds. The minimum atomic E-state index is -0.595. The number of rotatable bonds is 3. The van der Waals surface area contributed by atoms with Crippen LogP contribution in [-0.2, 0) is 11.3 Å². The Balaban J connectivity index is 1.85. The number of carbonyl (C=O) groups excluding carboxylic acids is 1. The summed E-state index contributed by atoms with van der Waals surface area (Å²) in [6.07, 6.45) is 0. The number of benzene rings is 2. The van der Waals surface area contributed by atoms with Crippen LogP contribution in [0, 0.1) is 0 Å². The van der Waals surface area contributed by atoms with Crippen molar-refractivity contribution in [3.05, 3.63) is 75.2 Å². The lowest BCUT2D eigenvalue weighted by Crippen LogP contribution is -2.16. The highest BCUT2D eigenvalue weighted by atomic mass is 35.5. The lowest BCUT2D eigenvalue weighted by molar-refractivity contribution is 0.0467. The van der Waals surface area contributed by atoms with Gasteiger partial charge >= 0.3 is 5.97 Å². The van der Waals surface area contributed by atoms with Crippen molar-refractivity contribution in [2.24, 2.45) is 0 Å². The molecule has 0 spiro atoms. The fourth-order valence-electron chi connectivity index (χ4n) is 2.07. The van der Waals surface area contributed by atoms with E-state index in [0.29, 0.717) is 15.8 Å². The number of nitrogens with one attached hydrogen (secondary N) is 1. The van der Waals surface area contributed by atoms with Gasteiger partial charge in [0.2, 0.25) is 0 Å². The molecule has 0 atom stereocenters. The zero-order valence-corrected chi connectivity index (χ0v) is 12.1. The summed E-state index contributed by atoms with van der Waals surface area (Å²) in [5, 5.41) is 7.58. The van der Waals surface area contributed by atoms with Crippen molar-refractivity contribution >= 4 is 28.3 Å². The van der Waals surface area contributed by atoms with Gasteiger partial charge in [-0.1, -0.05) is 41.9 Å². The van der Waals surface area contributed by atoms with E-state index in [4.69, 9.17) is 16.3 Å². The highest BCUT2D eigenvalue weighted by Gasteiger charge is 2.15. The summed E-state index contributed by atoms with van der Waals surface area (Å²) < 4.78 is 5.24. The number of halogens is 1. The van der Waals surface area contributed by atoms with E-state index in [-0.39, 0.29) is 17.9 Å². The molecule has 0 radical (unpaired) electrons. The average molecular weight is 315 g/mol. The molecule has 1 N–H and O–H groups in total. The third kappa shape index (κ3) is 2.84. The maximum absolute atomic E-state index is 12.2. The Morgan fingerprint density at radius 3 is 2.50 bits per heavy atom. The van der Waals surface area contributed by atoms with E-state index >= 15 is 0 Å². The second kappa shape index (κ2) is 5.99. The fraction of sp³-hybridized carbons (Fsp3) is 0.0625. The van der Waals surface area contributed by atoms with Crippen LogP contribution >= 0.6 is 11.6 Å². The number of hydrogen-bond donors (Lipinski definition) is 1. The SMILES string of the molecule is O=C(OCc1ccc(Cl)cc1)c1n[nH]c(=O)c2ccccc12. The number of aromatic nitrogens is 2. The van der Waals surface area contributed by atoms with Gasteiger partial charge in [0.25, 0.3) is 5.56 Å². The normalized spacial score (nSPS) is 10.6. The van der Waals surface area contributed by atoms with Crippen molar-refractivity contribution in [2.75, 3.05) is 0 Å².